The summed E-state index contributed by atoms with van der Waals surface area (Å²) >= 11 is 0. The number of rotatable bonds is 4. The Hall–Kier alpha value is -1.70. The molecule has 0 saturated carbocycles. The Morgan fingerprint density at radius 2 is 1.31 bits per heavy atom. The van der Waals surface area contributed by atoms with Crippen molar-refractivity contribution in [2.45, 2.75) is 87.0 Å². The predicted molar refractivity (Wildman–Crippen MR) is 132 cm³/mol. The van der Waals surface area contributed by atoms with E-state index in [0.29, 0.717) is 11.8 Å². The largest absolute Gasteiger partial charge is 0.352 e. The lowest BCUT2D eigenvalue weighted by molar-refractivity contribution is 0.422. The van der Waals surface area contributed by atoms with Gasteiger partial charge >= 0.3 is 0 Å². The molecule has 0 atom stereocenters. The minimum atomic E-state index is 0.570. The van der Waals surface area contributed by atoms with Crippen LogP contribution in [0.1, 0.15) is 92.6 Å². The van der Waals surface area contributed by atoms with Crippen molar-refractivity contribution in [2.75, 3.05) is 24.7 Å². The van der Waals surface area contributed by atoms with E-state index in [4.69, 9.17) is 0 Å². The van der Waals surface area contributed by atoms with Gasteiger partial charge in [-0.2, -0.15) is 0 Å². The van der Waals surface area contributed by atoms with Gasteiger partial charge in [0, 0.05) is 24.5 Å². The van der Waals surface area contributed by atoms with E-state index >= 15 is 0 Å². The molecule has 1 heterocycles. The molecule has 164 valence electrons. The molecule has 1 aliphatic carbocycles. The maximum Gasteiger partial charge on any atom is 0.0904 e. The van der Waals surface area contributed by atoms with Crippen molar-refractivity contribution in [3.63, 3.8) is 0 Å². The molecule has 2 nitrogen and oxygen atoms in total. The molecule has 2 aliphatic rings. The topological polar surface area (TPSA) is 6.48 Å². The third-order valence-corrected chi connectivity index (χ3v) is 5.01. The van der Waals surface area contributed by atoms with E-state index in [0.717, 1.165) is 19.8 Å². The molecule has 0 N–H and O–H groups in total. The van der Waals surface area contributed by atoms with Crippen LogP contribution in [0.15, 0.2) is 47.7 Å². The van der Waals surface area contributed by atoms with Crippen LogP contribution in [0.3, 0.4) is 0 Å². The molecule has 1 aliphatic heterocycles. The summed E-state index contributed by atoms with van der Waals surface area (Å²) in [7, 11) is 0. The molecule has 0 bridgehead atoms. The normalized spacial score (nSPS) is 16.1. The first-order valence-electron chi connectivity index (χ1n) is 11.9. The van der Waals surface area contributed by atoms with Gasteiger partial charge in [-0.05, 0) is 41.9 Å². The lowest BCUT2D eigenvalue weighted by Crippen LogP contribution is -2.27. The molecular weight excluding hydrogens is 352 g/mol. The van der Waals surface area contributed by atoms with Gasteiger partial charge < -0.3 is 9.80 Å². The molecule has 29 heavy (non-hydrogen) atoms. The first-order chi connectivity index (χ1) is 13.9. The number of benzene rings is 1. The second kappa shape index (κ2) is 13.5. The van der Waals surface area contributed by atoms with Crippen LogP contribution in [-0.4, -0.2) is 24.7 Å². The summed E-state index contributed by atoms with van der Waals surface area (Å²) in [5.74, 6) is 1.18. The van der Waals surface area contributed by atoms with Crippen LogP contribution in [0.25, 0.3) is 0 Å². The van der Waals surface area contributed by atoms with Gasteiger partial charge in [-0.15, -0.1) is 0 Å². The van der Waals surface area contributed by atoms with Crippen molar-refractivity contribution in [1.82, 2.24) is 4.90 Å². The monoisotopic (exact) mass is 398 g/mol. The van der Waals surface area contributed by atoms with E-state index in [2.05, 4.69) is 102 Å². The van der Waals surface area contributed by atoms with Gasteiger partial charge in [0.2, 0.25) is 0 Å². The van der Waals surface area contributed by atoms with Crippen molar-refractivity contribution in [3.05, 3.63) is 53.3 Å². The number of hydrogen-bond donors (Lipinski definition) is 0. The Balaban J connectivity index is 0.000000626. The highest BCUT2D eigenvalue weighted by atomic mass is 15.4. The molecule has 2 heteroatoms. The molecule has 1 aromatic carbocycles. The minimum absolute atomic E-state index is 0.570. The van der Waals surface area contributed by atoms with Gasteiger partial charge in [-0.3, -0.25) is 0 Å². The molecule has 0 aromatic heterocycles. The zero-order valence-electron chi connectivity index (χ0n) is 20.5. The van der Waals surface area contributed by atoms with Gasteiger partial charge in [0.1, 0.15) is 0 Å². The lowest BCUT2D eigenvalue weighted by atomic mass is 9.93. The van der Waals surface area contributed by atoms with Crippen molar-refractivity contribution in [2.24, 2.45) is 5.92 Å². The average Bonchev–Trinajstić information content (AvgIpc) is 3.19. The minimum Gasteiger partial charge on any atom is -0.352 e. The van der Waals surface area contributed by atoms with Crippen LogP contribution >= 0.6 is 0 Å². The molecule has 0 amide bonds. The first kappa shape index (κ1) is 25.3. The summed E-state index contributed by atoms with van der Waals surface area (Å²) in [6, 6.07) is 8.90. The number of anilines is 1. The fraction of sp³-hybridized carbons (Fsp3) is 0.630. The number of nitrogens with zero attached hydrogens (tertiary/aromatic N) is 2. The molecule has 1 fully saturated rings. The van der Waals surface area contributed by atoms with Gasteiger partial charge in [0.15, 0.2) is 0 Å². The highest BCUT2D eigenvalue weighted by Gasteiger charge is 2.26. The summed E-state index contributed by atoms with van der Waals surface area (Å²) in [6.07, 6.45) is 9.79. The molecule has 0 radical (unpaired) electrons. The summed E-state index contributed by atoms with van der Waals surface area (Å²) in [4.78, 5) is 5.12. The van der Waals surface area contributed by atoms with Crippen molar-refractivity contribution < 1.29 is 0 Å². The van der Waals surface area contributed by atoms with Crippen LogP contribution in [0, 0.1) is 5.92 Å². The Morgan fingerprint density at radius 3 is 1.90 bits per heavy atom. The van der Waals surface area contributed by atoms with E-state index in [9.17, 15) is 0 Å². The van der Waals surface area contributed by atoms with Gasteiger partial charge in [-0.1, -0.05) is 98.6 Å². The molecule has 0 spiro atoms. The highest BCUT2D eigenvalue weighted by Crippen LogP contribution is 2.33. The Morgan fingerprint density at radius 1 is 0.759 bits per heavy atom. The quantitative estimate of drug-likeness (QED) is 0.507. The summed E-state index contributed by atoms with van der Waals surface area (Å²) in [5, 5.41) is 0. The Labute approximate surface area is 181 Å². The molecule has 1 saturated heterocycles. The zero-order chi connectivity index (χ0) is 21.8. The van der Waals surface area contributed by atoms with Crippen LogP contribution < -0.4 is 4.90 Å². The Kier molecular flexibility index (Phi) is 11.8. The summed E-state index contributed by atoms with van der Waals surface area (Å²) < 4.78 is 0. The van der Waals surface area contributed by atoms with Gasteiger partial charge in [0.25, 0.3) is 0 Å². The van der Waals surface area contributed by atoms with Crippen LogP contribution in [0.2, 0.25) is 0 Å². The fourth-order valence-electron chi connectivity index (χ4n) is 3.77. The zero-order valence-corrected chi connectivity index (χ0v) is 20.5. The first-order valence-corrected chi connectivity index (χ1v) is 11.9. The predicted octanol–water partition coefficient (Wildman–Crippen LogP) is 7.98. The summed E-state index contributed by atoms with van der Waals surface area (Å²) in [5.41, 5.74) is 5.90. The summed E-state index contributed by atoms with van der Waals surface area (Å²) in [6.45, 7) is 21.0. The van der Waals surface area contributed by atoms with Crippen molar-refractivity contribution >= 4 is 5.69 Å². The van der Waals surface area contributed by atoms with Crippen molar-refractivity contribution in [1.29, 1.82) is 0 Å². The van der Waals surface area contributed by atoms with E-state index in [-0.39, 0.29) is 0 Å². The number of hydrogen-bond acceptors (Lipinski definition) is 2. The van der Waals surface area contributed by atoms with E-state index < -0.39 is 0 Å². The molecular formula is C27H46N2. The average molecular weight is 399 g/mol. The SMILES string of the molecule is CC(C)C1=CCCC=C1N1CCN(c2ccccc2C(C)C)C1.CCC.CCC. The number of para-hydroxylation sites is 1. The van der Waals surface area contributed by atoms with E-state index in [1.807, 2.05) is 0 Å². The Bertz CT molecular complexity index is 638. The van der Waals surface area contributed by atoms with E-state index in [1.165, 1.54) is 48.2 Å². The fourth-order valence-corrected chi connectivity index (χ4v) is 3.77. The second-order valence-electron chi connectivity index (χ2n) is 8.78. The standard InChI is InChI=1S/C21H30N2.2C3H8/c1-16(2)18-9-5-7-11-20(18)22-13-14-23(15-22)21-12-8-6-10-19(21)17(3)4;2*1-3-2/h5,7,9-12,16-17H,6,8,13-15H2,1-4H3;2*3H2,1-2H3. The number of allylic oxidation sites excluding steroid dienone is 3. The maximum atomic E-state index is 2.57. The van der Waals surface area contributed by atoms with Gasteiger partial charge in [-0.25, -0.2) is 0 Å². The van der Waals surface area contributed by atoms with Gasteiger partial charge in [0.05, 0.1) is 6.67 Å². The van der Waals surface area contributed by atoms with E-state index in [1.54, 1.807) is 0 Å². The maximum absolute atomic E-state index is 2.57. The van der Waals surface area contributed by atoms with Crippen LogP contribution in [-0.2, 0) is 0 Å². The molecule has 3 rings (SSSR count). The third-order valence-electron chi connectivity index (χ3n) is 5.01. The lowest BCUT2D eigenvalue weighted by Gasteiger charge is -2.29. The smallest absolute Gasteiger partial charge is 0.0904 e. The molecule has 0 unspecified atom stereocenters. The molecule has 1 aromatic rings. The third kappa shape index (κ3) is 7.57. The second-order valence-corrected chi connectivity index (χ2v) is 8.78. The van der Waals surface area contributed by atoms with Crippen LogP contribution in [0.4, 0.5) is 5.69 Å². The van der Waals surface area contributed by atoms with Crippen molar-refractivity contribution in [3.8, 4) is 0 Å². The van der Waals surface area contributed by atoms with Crippen LogP contribution in [0.5, 0.6) is 0 Å². The highest BCUT2D eigenvalue weighted by molar-refractivity contribution is 5.56.